The van der Waals surface area contributed by atoms with Crippen molar-refractivity contribution in [2.75, 3.05) is 24.3 Å². The lowest BCUT2D eigenvalue weighted by atomic mass is 10.1. The molecule has 0 spiro atoms. The van der Waals surface area contributed by atoms with E-state index in [0.29, 0.717) is 36.0 Å². The number of ether oxygens (including phenoxy) is 1. The zero-order valence-electron chi connectivity index (χ0n) is 15.7. The predicted octanol–water partition coefficient (Wildman–Crippen LogP) is 3.84. The van der Waals surface area contributed by atoms with Gasteiger partial charge in [0, 0.05) is 24.0 Å². The monoisotopic (exact) mass is 380 g/mol. The minimum absolute atomic E-state index is 0.259. The molecule has 0 saturated carbocycles. The molecule has 1 aromatic heterocycles. The van der Waals surface area contributed by atoms with Crippen LogP contribution in [0.5, 0.6) is 5.75 Å². The number of halogens is 1. The van der Waals surface area contributed by atoms with Crippen LogP contribution in [0.15, 0.2) is 54.6 Å². The molecule has 28 heavy (non-hydrogen) atoms. The molecule has 0 aliphatic rings. The molecule has 0 fully saturated rings. The van der Waals surface area contributed by atoms with Gasteiger partial charge in [-0.3, -0.25) is 4.79 Å². The fraction of sp³-hybridized carbons (Fsp3) is 0.190. The second-order valence-corrected chi connectivity index (χ2v) is 6.21. The molecule has 0 radical (unpaired) electrons. The van der Waals surface area contributed by atoms with Crippen molar-refractivity contribution in [2.45, 2.75) is 13.3 Å². The van der Waals surface area contributed by atoms with Crippen LogP contribution in [0, 0.1) is 12.7 Å². The number of rotatable bonds is 7. The van der Waals surface area contributed by atoms with Crippen LogP contribution >= 0.6 is 0 Å². The third-order valence-electron chi connectivity index (χ3n) is 4.02. The van der Waals surface area contributed by atoms with Gasteiger partial charge in [-0.2, -0.15) is 0 Å². The summed E-state index contributed by atoms with van der Waals surface area (Å²) in [5.41, 5.74) is 2.55. The van der Waals surface area contributed by atoms with Gasteiger partial charge < -0.3 is 15.4 Å². The minimum Gasteiger partial charge on any atom is -0.497 e. The van der Waals surface area contributed by atoms with Gasteiger partial charge in [0.2, 0.25) is 5.95 Å². The highest BCUT2D eigenvalue weighted by Crippen LogP contribution is 2.17. The second-order valence-electron chi connectivity index (χ2n) is 6.21. The first-order chi connectivity index (χ1) is 13.5. The van der Waals surface area contributed by atoms with Crippen molar-refractivity contribution < 1.29 is 13.9 Å². The van der Waals surface area contributed by atoms with Crippen LogP contribution in [-0.4, -0.2) is 29.5 Å². The van der Waals surface area contributed by atoms with Crippen LogP contribution < -0.4 is 15.4 Å². The minimum atomic E-state index is -0.333. The quantitative estimate of drug-likeness (QED) is 0.651. The van der Waals surface area contributed by atoms with Crippen molar-refractivity contribution in [3.05, 3.63) is 77.4 Å². The van der Waals surface area contributed by atoms with E-state index in [4.69, 9.17) is 4.74 Å². The molecule has 0 atom stereocenters. The maximum atomic E-state index is 13.0. The SMILES string of the molecule is COc1cccc(NC(=O)c2cc(C)nc(NCCc3ccc(F)cc3)n2)c1. The van der Waals surface area contributed by atoms with Gasteiger partial charge in [0.15, 0.2) is 0 Å². The van der Waals surface area contributed by atoms with Gasteiger partial charge in [-0.25, -0.2) is 14.4 Å². The van der Waals surface area contributed by atoms with Crippen molar-refractivity contribution >= 4 is 17.5 Å². The van der Waals surface area contributed by atoms with E-state index in [-0.39, 0.29) is 17.4 Å². The zero-order valence-corrected chi connectivity index (χ0v) is 15.7. The lowest BCUT2D eigenvalue weighted by Gasteiger charge is -2.10. The van der Waals surface area contributed by atoms with Crippen LogP contribution in [0.1, 0.15) is 21.7 Å². The molecular formula is C21H21FN4O2. The number of carbonyl (C=O) groups excluding carboxylic acids is 1. The number of carbonyl (C=O) groups is 1. The Kier molecular flexibility index (Phi) is 6.16. The Balaban J connectivity index is 1.64. The first kappa shape index (κ1) is 19.3. The van der Waals surface area contributed by atoms with E-state index in [1.807, 2.05) is 0 Å². The molecule has 2 aromatic carbocycles. The van der Waals surface area contributed by atoms with Crippen LogP contribution in [0.3, 0.4) is 0 Å². The fourth-order valence-electron chi connectivity index (χ4n) is 2.63. The molecular weight excluding hydrogens is 359 g/mol. The van der Waals surface area contributed by atoms with Gasteiger partial charge in [0.25, 0.3) is 5.91 Å². The van der Waals surface area contributed by atoms with Crippen molar-refractivity contribution in [3.8, 4) is 5.75 Å². The highest BCUT2D eigenvalue weighted by Gasteiger charge is 2.11. The predicted molar refractivity (Wildman–Crippen MR) is 106 cm³/mol. The Labute approximate surface area is 162 Å². The number of aryl methyl sites for hydroxylation is 1. The summed E-state index contributed by atoms with van der Waals surface area (Å²) >= 11 is 0. The Morgan fingerprint density at radius 1 is 1.11 bits per heavy atom. The topological polar surface area (TPSA) is 76.1 Å². The Morgan fingerprint density at radius 3 is 2.64 bits per heavy atom. The number of hydrogen-bond donors (Lipinski definition) is 2. The first-order valence-corrected chi connectivity index (χ1v) is 8.83. The van der Waals surface area contributed by atoms with Gasteiger partial charge in [-0.1, -0.05) is 18.2 Å². The third kappa shape index (κ3) is 5.26. The number of nitrogens with zero attached hydrogens (tertiary/aromatic N) is 2. The number of amides is 1. The average molecular weight is 380 g/mol. The maximum absolute atomic E-state index is 13.0. The van der Waals surface area contributed by atoms with Crippen LogP contribution in [0.2, 0.25) is 0 Å². The molecule has 3 rings (SSSR count). The highest BCUT2D eigenvalue weighted by molar-refractivity contribution is 6.03. The number of methoxy groups -OCH3 is 1. The Morgan fingerprint density at radius 2 is 1.89 bits per heavy atom. The Bertz CT molecular complexity index is 961. The highest BCUT2D eigenvalue weighted by atomic mass is 19.1. The summed E-state index contributed by atoms with van der Waals surface area (Å²) < 4.78 is 18.1. The summed E-state index contributed by atoms with van der Waals surface area (Å²) in [6.07, 6.45) is 0.683. The summed E-state index contributed by atoms with van der Waals surface area (Å²) in [4.78, 5) is 21.1. The normalized spacial score (nSPS) is 10.4. The number of benzene rings is 2. The molecule has 2 N–H and O–H groups in total. The molecule has 1 amide bonds. The lowest BCUT2D eigenvalue weighted by Crippen LogP contribution is -2.17. The van der Waals surface area contributed by atoms with E-state index in [1.54, 1.807) is 56.5 Å². The van der Waals surface area contributed by atoms with Crippen molar-refractivity contribution in [3.63, 3.8) is 0 Å². The molecule has 0 aliphatic carbocycles. The van der Waals surface area contributed by atoms with Gasteiger partial charge in [0.1, 0.15) is 17.3 Å². The molecule has 0 saturated heterocycles. The van der Waals surface area contributed by atoms with Crippen molar-refractivity contribution in [2.24, 2.45) is 0 Å². The van der Waals surface area contributed by atoms with E-state index in [9.17, 15) is 9.18 Å². The van der Waals surface area contributed by atoms with Gasteiger partial charge in [-0.15, -0.1) is 0 Å². The Hall–Kier alpha value is -3.48. The third-order valence-corrected chi connectivity index (χ3v) is 4.02. The van der Waals surface area contributed by atoms with Gasteiger partial charge in [0.05, 0.1) is 7.11 Å². The van der Waals surface area contributed by atoms with Crippen LogP contribution in [-0.2, 0) is 6.42 Å². The first-order valence-electron chi connectivity index (χ1n) is 8.83. The van der Waals surface area contributed by atoms with Crippen molar-refractivity contribution in [1.29, 1.82) is 0 Å². The molecule has 1 heterocycles. The molecule has 6 nitrogen and oxygen atoms in total. The smallest absolute Gasteiger partial charge is 0.274 e. The van der Waals surface area contributed by atoms with Crippen LogP contribution in [0.25, 0.3) is 0 Å². The number of aromatic nitrogens is 2. The fourth-order valence-corrected chi connectivity index (χ4v) is 2.63. The lowest BCUT2D eigenvalue weighted by molar-refractivity contribution is 0.102. The summed E-state index contributed by atoms with van der Waals surface area (Å²) in [5.74, 6) is 0.434. The standard InChI is InChI=1S/C21H21FN4O2/c1-14-12-19(20(27)25-17-4-3-5-18(13-17)28-2)26-21(24-14)23-11-10-15-6-8-16(22)9-7-15/h3-9,12-13H,10-11H2,1-2H3,(H,25,27)(H,23,24,26). The maximum Gasteiger partial charge on any atom is 0.274 e. The average Bonchev–Trinajstić information content (AvgIpc) is 2.69. The van der Waals surface area contributed by atoms with Gasteiger partial charge in [-0.05, 0) is 49.2 Å². The molecule has 0 aliphatic heterocycles. The van der Waals surface area contributed by atoms with E-state index in [2.05, 4.69) is 20.6 Å². The number of hydrogen-bond acceptors (Lipinski definition) is 5. The van der Waals surface area contributed by atoms with E-state index < -0.39 is 0 Å². The zero-order chi connectivity index (χ0) is 19.9. The summed E-state index contributed by atoms with van der Waals surface area (Å²) in [6, 6.07) is 15.1. The van der Waals surface area contributed by atoms with E-state index >= 15 is 0 Å². The molecule has 0 bridgehead atoms. The van der Waals surface area contributed by atoms with Crippen LogP contribution in [0.4, 0.5) is 16.0 Å². The number of anilines is 2. The molecule has 144 valence electrons. The van der Waals surface area contributed by atoms with Crippen molar-refractivity contribution in [1.82, 2.24) is 9.97 Å². The summed E-state index contributed by atoms with van der Waals surface area (Å²) in [7, 11) is 1.57. The molecule has 7 heteroatoms. The molecule has 0 unspecified atom stereocenters. The second kappa shape index (κ2) is 8.94. The summed E-state index contributed by atoms with van der Waals surface area (Å²) in [5, 5.41) is 5.91. The summed E-state index contributed by atoms with van der Waals surface area (Å²) in [6.45, 7) is 2.36. The van der Waals surface area contributed by atoms with E-state index in [1.165, 1.54) is 12.1 Å². The molecule has 3 aromatic rings. The van der Waals surface area contributed by atoms with Gasteiger partial charge >= 0.3 is 0 Å². The largest absolute Gasteiger partial charge is 0.497 e. The van der Waals surface area contributed by atoms with E-state index in [0.717, 1.165) is 5.56 Å². The number of nitrogens with one attached hydrogen (secondary N) is 2.